The molecule has 0 saturated carbocycles. The summed E-state index contributed by atoms with van der Waals surface area (Å²) in [5, 5.41) is 0. The van der Waals surface area contributed by atoms with Gasteiger partial charge in [0.1, 0.15) is 11.4 Å². The third-order valence-electron chi connectivity index (χ3n) is 5.58. The Morgan fingerprint density at radius 1 is 0.935 bits per heavy atom. The van der Waals surface area contributed by atoms with Crippen molar-refractivity contribution in [3.8, 4) is 11.3 Å². The van der Waals surface area contributed by atoms with Crippen molar-refractivity contribution in [3.05, 3.63) is 95.7 Å². The van der Waals surface area contributed by atoms with Crippen molar-refractivity contribution in [2.75, 3.05) is 13.7 Å². The number of rotatable bonds is 6. The van der Waals surface area contributed by atoms with Gasteiger partial charge in [-0.3, -0.25) is 9.20 Å². The molecule has 0 spiro atoms. The average molecular weight is 409 g/mol. The van der Waals surface area contributed by atoms with E-state index in [-0.39, 0.29) is 5.78 Å². The Bertz CT molecular complexity index is 1380. The third kappa shape index (κ3) is 3.23. The number of imidazole rings is 2. The molecule has 0 amide bonds. The SMILES string of the molecule is COCCn1c2ccc(C)cc2n2c(C(=O)c3ccccc3)c(-c3ccccc3)nc12. The quantitative estimate of drug-likeness (QED) is 0.365. The minimum Gasteiger partial charge on any atom is -0.383 e. The number of fused-ring (bicyclic) bond motifs is 3. The van der Waals surface area contributed by atoms with Gasteiger partial charge >= 0.3 is 0 Å². The molecule has 0 saturated heterocycles. The van der Waals surface area contributed by atoms with Crippen molar-refractivity contribution < 1.29 is 9.53 Å². The zero-order valence-electron chi connectivity index (χ0n) is 17.6. The Balaban J connectivity index is 1.88. The second kappa shape index (κ2) is 7.85. The smallest absolute Gasteiger partial charge is 0.216 e. The van der Waals surface area contributed by atoms with Crippen molar-refractivity contribution in [2.24, 2.45) is 0 Å². The largest absolute Gasteiger partial charge is 0.383 e. The first-order valence-electron chi connectivity index (χ1n) is 10.3. The summed E-state index contributed by atoms with van der Waals surface area (Å²) in [7, 11) is 1.69. The summed E-state index contributed by atoms with van der Waals surface area (Å²) < 4.78 is 9.49. The zero-order valence-corrected chi connectivity index (χ0v) is 17.6. The molecular weight excluding hydrogens is 386 g/mol. The number of benzene rings is 3. The van der Waals surface area contributed by atoms with E-state index in [0.29, 0.717) is 30.1 Å². The Labute approximate surface area is 180 Å². The highest BCUT2D eigenvalue weighted by Gasteiger charge is 2.26. The molecule has 0 N–H and O–H groups in total. The third-order valence-corrected chi connectivity index (χ3v) is 5.58. The summed E-state index contributed by atoms with van der Waals surface area (Å²) in [5.41, 5.74) is 5.98. The number of carbonyl (C=O) groups is 1. The number of carbonyl (C=O) groups excluding carboxylic acids is 1. The van der Waals surface area contributed by atoms with Gasteiger partial charge in [-0.1, -0.05) is 66.7 Å². The number of hydrogen-bond donors (Lipinski definition) is 0. The minimum absolute atomic E-state index is 0.0424. The van der Waals surface area contributed by atoms with Crippen molar-refractivity contribution >= 4 is 22.6 Å². The maximum absolute atomic E-state index is 13.8. The lowest BCUT2D eigenvalue weighted by molar-refractivity contribution is 0.103. The second-order valence-corrected chi connectivity index (χ2v) is 7.64. The number of ether oxygens (including phenoxy) is 1. The number of aromatic nitrogens is 3. The fourth-order valence-corrected chi connectivity index (χ4v) is 4.10. The van der Waals surface area contributed by atoms with Gasteiger partial charge in [-0.25, -0.2) is 4.98 Å². The standard InChI is InChI=1S/C26H23N3O2/c1-18-13-14-21-22(17-18)29-24(25(30)20-11-7-4-8-12-20)23(19-9-5-3-6-10-19)27-26(29)28(21)15-16-31-2/h3-14,17H,15-16H2,1-2H3. The van der Waals surface area contributed by atoms with E-state index >= 15 is 0 Å². The number of aryl methyl sites for hydroxylation is 1. The summed E-state index contributed by atoms with van der Waals surface area (Å²) in [6.07, 6.45) is 0. The van der Waals surface area contributed by atoms with Gasteiger partial charge in [-0.2, -0.15) is 0 Å². The maximum Gasteiger partial charge on any atom is 0.216 e. The number of ketones is 1. The lowest BCUT2D eigenvalue weighted by atomic mass is 10.0. The number of methoxy groups -OCH3 is 1. The van der Waals surface area contributed by atoms with Gasteiger partial charge in [0.2, 0.25) is 11.6 Å². The van der Waals surface area contributed by atoms with E-state index in [9.17, 15) is 4.79 Å². The van der Waals surface area contributed by atoms with E-state index in [2.05, 4.69) is 29.7 Å². The molecule has 5 rings (SSSR count). The van der Waals surface area contributed by atoms with E-state index < -0.39 is 0 Å². The number of nitrogens with zero attached hydrogens (tertiary/aromatic N) is 3. The molecule has 0 unspecified atom stereocenters. The van der Waals surface area contributed by atoms with E-state index in [1.165, 1.54) is 0 Å². The minimum atomic E-state index is -0.0424. The molecule has 0 atom stereocenters. The number of hydrogen-bond acceptors (Lipinski definition) is 3. The van der Waals surface area contributed by atoms with Gasteiger partial charge in [0.15, 0.2) is 0 Å². The first-order chi connectivity index (χ1) is 15.2. The van der Waals surface area contributed by atoms with Crippen molar-refractivity contribution in [2.45, 2.75) is 13.5 Å². The highest BCUT2D eigenvalue weighted by molar-refractivity contribution is 6.12. The predicted molar refractivity (Wildman–Crippen MR) is 123 cm³/mol. The molecule has 3 aromatic carbocycles. The fourth-order valence-electron chi connectivity index (χ4n) is 4.10. The van der Waals surface area contributed by atoms with Crippen LogP contribution in [0, 0.1) is 6.92 Å². The van der Waals surface area contributed by atoms with Crippen LogP contribution >= 0.6 is 0 Å². The van der Waals surface area contributed by atoms with Gasteiger partial charge in [0.25, 0.3) is 0 Å². The topological polar surface area (TPSA) is 48.5 Å². The lowest BCUT2D eigenvalue weighted by Gasteiger charge is -2.06. The molecular formula is C26H23N3O2. The molecule has 5 nitrogen and oxygen atoms in total. The molecule has 0 aliphatic carbocycles. The summed E-state index contributed by atoms with van der Waals surface area (Å²) in [5.74, 6) is 0.704. The molecule has 5 heteroatoms. The average Bonchev–Trinajstić information content (AvgIpc) is 3.33. The summed E-state index contributed by atoms with van der Waals surface area (Å²) in [6, 6.07) is 25.6. The van der Waals surface area contributed by atoms with Crippen LogP contribution in [0.2, 0.25) is 0 Å². The Morgan fingerprint density at radius 2 is 1.65 bits per heavy atom. The van der Waals surface area contributed by atoms with Gasteiger partial charge in [-0.15, -0.1) is 0 Å². The van der Waals surface area contributed by atoms with Crippen LogP contribution in [-0.2, 0) is 11.3 Å². The Kier molecular flexibility index (Phi) is 4.88. The predicted octanol–water partition coefficient (Wildman–Crippen LogP) is 5.14. The van der Waals surface area contributed by atoms with E-state index in [1.54, 1.807) is 7.11 Å². The molecule has 0 bridgehead atoms. The van der Waals surface area contributed by atoms with Gasteiger partial charge in [-0.05, 0) is 24.6 Å². The van der Waals surface area contributed by atoms with E-state index in [0.717, 1.165) is 27.9 Å². The Hall–Kier alpha value is -3.70. The molecule has 2 aromatic heterocycles. The molecule has 0 radical (unpaired) electrons. The highest BCUT2D eigenvalue weighted by atomic mass is 16.5. The summed E-state index contributed by atoms with van der Waals surface area (Å²) in [4.78, 5) is 18.8. The fraction of sp³-hybridized carbons (Fsp3) is 0.154. The first-order valence-corrected chi connectivity index (χ1v) is 10.3. The van der Waals surface area contributed by atoms with E-state index in [1.807, 2.05) is 65.1 Å². The van der Waals surface area contributed by atoms with Crippen LogP contribution in [0.5, 0.6) is 0 Å². The van der Waals surface area contributed by atoms with Crippen LogP contribution in [0.4, 0.5) is 0 Å². The van der Waals surface area contributed by atoms with Crippen LogP contribution in [-0.4, -0.2) is 33.5 Å². The van der Waals surface area contributed by atoms with Crippen LogP contribution in [0.1, 0.15) is 21.6 Å². The molecule has 5 aromatic rings. The van der Waals surface area contributed by atoms with Crippen molar-refractivity contribution in [1.82, 2.24) is 14.0 Å². The molecule has 31 heavy (non-hydrogen) atoms. The summed E-state index contributed by atoms with van der Waals surface area (Å²) in [6.45, 7) is 3.27. The lowest BCUT2D eigenvalue weighted by Crippen LogP contribution is -2.07. The second-order valence-electron chi connectivity index (χ2n) is 7.64. The first kappa shape index (κ1) is 19.3. The molecule has 154 valence electrons. The normalized spacial score (nSPS) is 11.4. The van der Waals surface area contributed by atoms with E-state index in [4.69, 9.17) is 9.72 Å². The maximum atomic E-state index is 13.8. The van der Waals surface area contributed by atoms with Crippen LogP contribution in [0.25, 0.3) is 28.1 Å². The monoisotopic (exact) mass is 409 g/mol. The van der Waals surface area contributed by atoms with Crippen molar-refractivity contribution in [3.63, 3.8) is 0 Å². The molecule has 0 aliphatic heterocycles. The van der Waals surface area contributed by atoms with Crippen LogP contribution < -0.4 is 0 Å². The van der Waals surface area contributed by atoms with Gasteiger partial charge in [0.05, 0.1) is 17.6 Å². The highest BCUT2D eigenvalue weighted by Crippen LogP contribution is 2.32. The summed E-state index contributed by atoms with van der Waals surface area (Å²) >= 11 is 0. The molecule has 2 heterocycles. The van der Waals surface area contributed by atoms with Gasteiger partial charge in [0, 0.05) is 24.8 Å². The molecule has 0 fully saturated rings. The van der Waals surface area contributed by atoms with Crippen molar-refractivity contribution in [1.29, 1.82) is 0 Å². The van der Waals surface area contributed by atoms with Crippen LogP contribution in [0.15, 0.2) is 78.9 Å². The van der Waals surface area contributed by atoms with Crippen LogP contribution in [0.3, 0.4) is 0 Å². The zero-order chi connectivity index (χ0) is 21.4. The Morgan fingerprint density at radius 3 is 2.35 bits per heavy atom. The molecule has 0 aliphatic rings. The van der Waals surface area contributed by atoms with Gasteiger partial charge < -0.3 is 9.30 Å².